The highest BCUT2D eigenvalue weighted by Gasteiger charge is 2.11. The van der Waals surface area contributed by atoms with Gasteiger partial charge >= 0.3 is 0 Å². The Morgan fingerprint density at radius 2 is 1.21 bits per heavy atom. The molecule has 1 heteroatoms. The molecule has 0 N–H and O–H groups in total. The SMILES string of the molecule is CC.CC.CCC(C)N(CC)C(C)C. The number of rotatable bonds is 4. The molecule has 0 fully saturated rings. The fraction of sp³-hybridized carbons (Fsp3) is 1.00. The Kier molecular flexibility index (Phi) is 21.5. The summed E-state index contributed by atoms with van der Waals surface area (Å²) in [6, 6.07) is 1.44. The van der Waals surface area contributed by atoms with Crippen LogP contribution in [0, 0.1) is 0 Å². The van der Waals surface area contributed by atoms with E-state index in [1.54, 1.807) is 0 Å². The van der Waals surface area contributed by atoms with Crippen LogP contribution in [0.25, 0.3) is 0 Å². The van der Waals surface area contributed by atoms with E-state index in [-0.39, 0.29) is 0 Å². The van der Waals surface area contributed by atoms with E-state index in [1.165, 1.54) is 13.0 Å². The average Bonchev–Trinajstić information content (AvgIpc) is 2.24. The standard InChI is InChI=1S/C9H21N.2C2H6/c1-6-9(5)10(7-2)8(3)4;2*1-2/h8-9H,6-7H2,1-5H3;2*1-2H3. The quantitative estimate of drug-likeness (QED) is 0.647. The van der Waals surface area contributed by atoms with E-state index in [4.69, 9.17) is 0 Å². The fourth-order valence-corrected chi connectivity index (χ4v) is 1.42. The van der Waals surface area contributed by atoms with Crippen LogP contribution in [-0.4, -0.2) is 23.5 Å². The third-order valence-corrected chi connectivity index (χ3v) is 2.19. The van der Waals surface area contributed by atoms with Crippen LogP contribution in [0.2, 0.25) is 0 Å². The van der Waals surface area contributed by atoms with Crippen molar-refractivity contribution in [2.45, 2.75) is 80.8 Å². The molecule has 0 saturated heterocycles. The van der Waals surface area contributed by atoms with Gasteiger partial charge in [0.15, 0.2) is 0 Å². The Balaban J connectivity index is -0.000000266. The smallest absolute Gasteiger partial charge is 0.00668 e. The van der Waals surface area contributed by atoms with E-state index >= 15 is 0 Å². The average molecular weight is 203 g/mol. The highest BCUT2D eigenvalue weighted by Crippen LogP contribution is 2.06. The lowest BCUT2D eigenvalue weighted by Crippen LogP contribution is -2.37. The molecule has 1 nitrogen and oxygen atoms in total. The van der Waals surface area contributed by atoms with Crippen molar-refractivity contribution >= 4 is 0 Å². The first-order valence-electron chi connectivity index (χ1n) is 6.39. The summed E-state index contributed by atoms with van der Waals surface area (Å²) in [6.07, 6.45) is 1.26. The molecule has 0 spiro atoms. The van der Waals surface area contributed by atoms with Crippen LogP contribution in [0.15, 0.2) is 0 Å². The Hall–Kier alpha value is -0.0400. The van der Waals surface area contributed by atoms with Gasteiger partial charge in [-0.2, -0.15) is 0 Å². The van der Waals surface area contributed by atoms with Gasteiger partial charge in [0, 0.05) is 12.1 Å². The summed E-state index contributed by atoms with van der Waals surface area (Å²) in [4.78, 5) is 2.51. The summed E-state index contributed by atoms with van der Waals surface area (Å²) in [5.74, 6) is 0. The van der Waals surface area contributed by atoms with Gasteiger partial charge in [-0.15, -0.1) is 0 Å². The molecule has 0 saturated carbocycles. The highest BCUT2D eigenvalue weighted by molar-refractivity contribution is 4.67. The van der Waals surface area contributed by atoms with E-state index in [2.05, 4.69) is 39.5 Å². The van der Waals surface area contributed by atoms with Crippen molar-refractivity contribution in [3.63, 3.8) is 0 Å². The first-order valence-corrected chi connectivity index (χ1v) is 6.39. The Morgan fingerprint density at radius 1 is 0.857 bits per heavy atom. The van der Waals surface area contributed by atoms with E-state index in [0.29, 0.717) is 6.04 Å². The van der Waals surface area contributed by atoms with E-state index in [9.17, 15) is 0 Å². The molecule has 0 rings (SSSR count). The van der Waals surface area contributed by atoms with Crippen LogP contribution in [-0.2, 0) is 0 Å². The van der Waals surface area contributed by atoms with Gasteiger partial charge in [0.2, 0.25) is 0 Å². The zero-order valence-electron chi connectivity index (χ0n) is 12.0. The van der Waals surface area contributed by atoms with Crippen LogP contribution in [0.4, 0.5) is 0 Å². The molecule has 0 amide bonds. The Bertz CT molecular complexity index is 79.3. The van der Waals surface area contributed by atoms with Gasteiger partial charge in [-0.05, 0) is 33.7 Å². The van der Waals surface area contributed by atoms with Crippen molar-refractivity contribution in [2.24, 2.45) is 0 Å². The van der Waals surface area contributed by atoms with Crippen LogP contribution in [0.1, 0.15) is 68.7 Å². The van der Waals surface area contributed by atoms with Crippen molar-refractivity contribution in [3.8, 4) is 0 Å². The highest BCUT2D eigenvalue weighted by atomic mass is 15.2. The summed E-state index contributed by atoms with van der Waals surface area (Å²) in [6.45, 7) is 20.5. The molecule has 14 heavy (non-hydrogen) atoms. The lowest BCUT2D eigenvalue weighted by molar-refractivity contribution is 0.169. The Labute approximate surface area is 92.9 Å². The van der Waals surface area contributed by atoms with Crippen LogP contribution >= 0.6 is 0 Å². The minimum absolute atomic E-state index is 0.694. The molecule has 0 aliphatic carbocycles. The number of nitrogens with zero attached hydrogens (tertiary/aromatic N) is 1. The van der Waals surface area contributed by atoms with Gasteiger partial charge in [0.1, 0.15) is 0 Å². The van der Waals surface area contributed by atoms with Crippen LogP contribution in [0.5, 0.6) is 0 Å². The molecular weight excluding hydrogens is 170 g/mol. The summed E-state index contributed by atoms with van der Waals surface area (Å²) in [7, 11) is 0. The number of hydrogen-bond acceptors (Lipinski definition) is 1. The molecule has 0 aliphatic heterocycles. The summed E-state index contributed by atoms with van der Waals surface area (Å²) >= 11 is 0. The van der Waals surface area contributed by atoms with Crippen molar-refractivity contribution < 1.29 is 0 Å². The van der Waals surface area contributed by atoms with Crippen molar-refractivity contribution in [3.05, 3.63) is 0 Å². The molecule has 90 valence electrons. The molecule has 0 aromatic rings. The van der Waals surface area contributed by atoms with Gasteiger partial charge in [-0.3, -0.25) is 4.90 Å². The third kappa shape index (κ3) is 10.0. The lowest BCUT2D eigenvalue weighted by atomic mass is 10.2. The summed E-state index contributed by atoms with van der Waals surface area (Å²) in [5, 5.41) is 0. The maximum absolute atomic E-state index is 2.51. The predicted octanol–water partition coefficient (Wildman–Crippen LogP) is 4.57. The molecule has 1 unspecified atom stereocenters. The molecule has 0 aromatic heterocycles. The second kappa shape index (κ2) is 15.4. The molecule has 1 atom stereocenters. The molecule has 0 radical (unpaired) electrons. The van der Waals surface area contributed by atoms with Gasteiger partial charge in [-0.25, -0.2) is 0 Å². The molecule has 0 bridgehead atoms. The predicted molar refractivity (Wildman–Crippen MR) is 70.0 cm³/mol. The second-order valence-corrected chi connectivity index (χ2v) is 3.18. The maximum Gasteiger partial charge on any atom is 0.00668 e. The minimum Gasteiger partial charge on any atom is -0.299 e. The van der Waals surface area contributed by atoms with Crippen molar-refractivity contribution in [1.29, 1.82) is 0 Å². The molecular formula is C13H33N. The molecule has 0 aliphatic rings. The largest absolute Gasteiger partial charge is 0.299 e. The van der Waals surface area contributed by atoms with Gasteiger partial charge in [0.05, 0.1) is 0 Å². The van der Waals surface area contributed by atoms with E-state index in [1.807, 2.05) is 27.7 Å². The van der Waals surface area contributed by atoms with E-state index in [0.717, 1.165) is 6.04 Å². The third-order valence-electron chi connectivity index (χ3n) is 2.19. The van der Waals surface area contributed by atoms with Gasteiger partial charge in [0.25, 0.3) is 0 Å². The van der Waals surface area contributed by atoms with E-state index < -0.39 is 0 Å². The second-order valence-electron chi connectivity index (χ2n) is 3.18. The molecule has 0 aromatic carbocycles. The van der Waals surface area contributed by atoms with Crippen molar-refractivity contribution in [2.75, 3.05) is 6.54 Å². The maximum atomic E-state index is 2.51. The number of hydrogen-bond donors (Lipinski definition) is 0. The fourth-order valence-electron chi connectivity index (χ4n) is 1.42. The topological polar surface area (TPSA) is 3.24 Å². The monoisotopic (exact) mass is 203 g/mol. The summed E-state index contributed by atoms with van der Waals surface area (Å²) < 4.78 is 0. The van der Waals surface area contributed by atoms with Crippen molar-refractivity contribution in [1.82, 2.24) is 4.90 Å². The van der Waals surface area contributed by atoms with Gasteiger partial charge < -0.3 is 0 Å². The Morgan fingerprint density at radius 3 is 1.29 bits per heavy atom. The zero-order valence-corrected chi connectivity index (χ0v) is 12.0. The zero-order chi connectivity index (χ0) is 12.1. The first-order chi connectivity index (χ1) is 6.63. The van der Waals surface area contributed by atoms with Crippen LogP contribution in [0.3, 0.4) is 0 Å². The molecule has 0 heterocycles. The normalized spacial score (nSPS) is 11.4. The minimum atomic E-state index is 0.694. The van der Waals surface area contributed by atoms with Gasteiger partial charge in [-0.1, -0.05) is 41.5 Å². The van der Waals surface area contributed by atoms with Crippen LogP contribution < -0.4 is 0 Å². The lowest BCUT2D eigenvalue weighted by Gasteiger charge is -2.30. The summed E-state index contributed by atoms with van der Waals surface area (Å²) in [5.41, 5.74) is 0. The first kappa shape index (κ1) is 19.5.